The molecule has 140 valence electrons. The van der Waals surface area contributed by atoms with E-state index in [1.54, 1.807) is 24.3 Å². The molecule has 0 saturated heterocycles. The second-order valence-electron chi connectivity index (χ2n) is 7.09. The summed E-state index contributed by atoms with van der Waals surface area (Å²) in [5.74, 6) is -0.206. The molecule has 3 aromatic carbocycles. The Morgan fingerprint density at radius 2 is 1.71 bits per heavy atom. The summed E-state index contributed by atoms with van der Waals surface area (Å²) < 4.78 is 0. The molecule has 0 aromatic heterocycles. The summed E-state index contributed by atoms with van der Waals surface area (Å²) in [7, 11) is 0. The van der Waals surface area contributed by atoms with Crippen molar-refractivity contribution in [1.82, 2.24) is 0 Å². The molecule has 0 saturated carbocycles. The average molecular weight is 370 g/mol. The molecule has 4 heteroatoms. The first-order valence-electron chi connectivity index (χ1n) is 9.44. The van der Waals surface area contributed by atoms with Crippen molar-refractivity contribution in [3.63, 3.8) is 0 Å². The first kappa shape index (κ1) is 18.0. The summed E-state index contributed by atoms with van der Waals surface area (Å²) in [6, 6.07) is 23.2. The number of fused-ring (bicyclic) bond motifs is 1. The first-order chi connectivity index (χ1) is 13.6. The number of benzene rings is 3. The fraction of sp³-hybridized carbons (Fsp3) is 0.167. The number of ketones is 1. The fourth-order valence-corrected chi connectivity index (χ4v) is 3.57. The number of rotatable bonds is 5. The summed E-state index contributed by atoms with van der Waals surface area (Å²) in [6.07, 6.45) is 1.08. The molecular formula is C24H22N2O2. The number of hydrogen-bond donors (Lipinski definition) is 1. The van der Waals surface area contributed by atoms with Gasteiger partial charge in [-0.05, 0) is 54.8 Å². The number of para-hydroxylation sites is 1. The van der Waals surface area contributed by atoms with Gasteiger partial charge in [0.05, 0.1) is 0 Å². The van der Waals surface area contributed by atoms with Gasteiger partial charge in [-0.3, -0.25) is 9.59 Å². The smallest absolute Gasteiger partial charge is 0.255 e. The van der Waals surface area contributed by atoms with E-state index in [1.165, 1.54) is 23.7 Å². The van der Waals surface area contributed by atoms with Crippen molar-refractivity contribution in [2.75, 3.05) is 16.8 Å². The zero-order chi connectivity index (χ0) is 19.5. The van der Waals surface area contributed by atoms with Crippen LogP contribution < -0.4 is 10.2 Å². The van der Waals surface area contributed by atoms with E-state index in [0.717, 1.165) is 19.5 Å². The van der Waals surface area contributed by atoms with Gasteiger partial charge in [0.2, 0.25) is 0 Å². The highest BCUT2D eigenvalue weighted by Crippen LogP contribution is 2.28. The summed E-state index contributed by atoms with van der Waals surface area (Å²) in [5.41, 5.74) is 5.67. The van der Waals surface area contributed by atoms with Gasteiger partial charge in [0.1, 0.15) is 0 Å². The molecule has 1 amide bonds. The van der Waals surface area contributed by atoms with Crippen molar-refractivity contribution in [2.24, 2.45) is 0 Å². The maximum Gasteiger partial charge on any atom is 0.255 e. The molecule has 0 fully saturated rings. The predicted molar refractivity (Wildman–Crippen MR) is 112 cm³/mol. The molecule has 0 spiro atoms. The lowest BCUT2D eigenvalue weighted by Gasteiger charge is -2.19. The second kappa shape index (κ2) is 7.69. The van der Waals surface area contributed by atoms with E-state index in [0.29, 0.717) is 16.8 Å². The minimum absolute atomic E-state index is 0.0241. The molecular weight excluding hydrogens is 348 g/mol. The highest BCUT2D eigenvalue weighted by Gasteiger charge is 2.18. The monoisotopic (exact) mass is 370 g/mol. The molecule has 1 heterocycles. The van der Waals surface area contributed by atoms with Crippen LogP contribution in [-0.4, -0.2) is 18.2 Å². The van der Waals surface area contributed by atoms with Crippen molar-refractivity contribution < 1.29 is 9.59 Å². The number of hydrogen-bond acceptors (Lipinski definition) is 3. The first-order valence-corrected chi connectivity index (χ1v) is 9.44. The molecule has 0 atom stereocenters. The van der Waals surface area contributed by atoms with Crippen LogP contribution in [0.15, 0.2) is 72.8 Å². The lowest BCUT2D eigenvalue weighted by Crippen LogP contribution is -2.19. The van der Waals surface area contributed by atoms with E-state index in [4.69, 9.17) is 0 Å². The van der Waals surface area contributed by atoms with Crippen LogP contribution >= 0.6 is 0 Å². The summed E-state index contributed by atoms with van der Waals surface area (Å²) in [5, 5.41) is 2.86. The second-order valence-corrected chi connectivity index (χ2v) is 7.09. The number of nitrogens with one attached hydrogen (secondary N) is 1. The Bertz CT molecular complexity index is 1020. The Labute approximate surface area is 164 Å². The molecule has 0 aliphatic carbocycles. The molecule has 0 bridgehead atoms. The molecule has 1 N–H and O–H groups in total. The maximum absolute atomic E-state index is 12.5. The van der Waals surface area contributed by atoms with Crippen molar-refractivity contribution in [3.8, 4) is 0 Å². The quantitative estimate of drug-likeness (QED) is 0.662. The zero-order valence-corrected chi connectivity index (χ0v) is 15.8. The maximum atomic E-state index is 12.5. The average Bonchev–Trinajstić information content (AvgIpc) is 3.12. The summed E-state index contributed by atoms with van der Waals surface area (Å²) in [4.78, 5) is 26.4. The Balaban J connectivity index is 1.43. The van der Waals surface area contributed by atoms with Gasteiger partial charge >= 0.3 is 0 Å². The number of carbonyl (C=O) groups is 2. The number of Topliss-reactive ketones (excluding diaryl/α,β-unsaturated/α-hetero) is 1. The molecule has 0 unspecified atom stereocenters. The van der Waals surface area contributed by atoms with Gasteiger partial charge in [0, 0.05) is 35.6 Å². The summed E-state index contributed by atoms with van der Waals surface area (Å²) >= 11 is 0. The van der Waals surface area contributed by atoms with E-state index in [-0.39, 0.29) is 11.7 Å². The third-order valence-corrected chi connectivity index (χ3v) is 5.10. The Kier molecular flexibility index (Phi) is 4.94. The van der Waals surface area contributed by atoms with Crippen LogP contribution in [0.4, 0.5) is 11.4 Å². The largest absolute Gasteiger partial charge is 0.367 e. The number of amides is 1. The lowest BCUT2D eigenvalue weighted by molar-refractivity contribution is 0.101. The predicted octanol–water partition coefficient (Wildman–Crippen LogP) is 4.70. The zero-order valence-electron chi connectivity index (χ0n) is 15.8. The molecule has 3 aromatic rings. The lowest BCUT2D eigenvalue weighted by atomic mass is 10.1. The van der Waals surface area contributed by atoms with Crippen molar-refractivity contribution in [3.05, 3.63) is 95.1 Å². The molecule has 1 aliphatic heterocycles. The molecule has 4 nitrogen and oxygen atoms in total. The van der Waals surface area contributed by atoms with Crippen LogP contribution in [0.3, 0.4) is 0 Å². The fourth-order valence-electron chi connectivity index (χ4n) is 3.57. The van der Waals surface area contributed by atoms with Gasteiger partial charge in [0.15, 0.2) is 5.78 Å². The van der Waals surface area contributed by atoms with E-state index in [1.807, 2.05) is 24.3 Å². The van der Waals surface area contributed by atoms with Gasteiger partial charge in [0.25, 0.3) is 5.91 Å². The van der Waals surface area contributed by atoms with Crippen LogP contribution in [-0.2, 0) is 13.0 Å². The minimum Gasteiger partial charge on any atom is -0.367 e. The SMILES string of the molecule is CC(=O)c1cccc(NC(=O)c2ccc(CN3CCc4ccccc43)cc2)c1. The third-order valence-electron chi connectivity index (χ3n) is 5.10. The summed E-state index contributed by atoms with van der Waals surface area (Å²) in [6.45, 7) is 3.37. The Morgan fingerprint density at radius 1 is 0.929 bits per heavy atom. The Morgan fingerprint density at radius 3 is 2.50 bits per heavy atom. The topological polar surface area (TPSA) is 49.4 Å². The normalized spacial score (nSPS) is 12.5. The van der Waals surface area contributed by atoms with Crippen molar-refractivity contribution in [2.45, 2.75) is 19.9 Å². The minimum atomic E-state index is -0.182. The van der Waals surface area contributed by atoms with Crippen molar-refractivity contribution in [1.29, 1.82) is 0 Å². The van der Waals surface area contributed by atoms with E-state index >= 15 is 0 Å². The van der Waals surface area contributed by atoms with Crippen LogP contribution in [0.25, 0.3) is 0 Å². The standard InChI is InChI=1S/C24H22N2O2/c1-17(27)21-6-4-7-22(15-21)25-24(28)20-11-9-18(10-12-20)16-26-14-13-19-5-2-3-8-23(19)26/h2-12,15H,13-14,16H2,1H3,(H,25,28). The highest BCUT2D eigenvalue weighted by atomic mass is 16.1. The van der Waals surface area contributed by atoms with Crippen LogP contribution in [0.5, 0.6) is 0 Å². The van der Waals surface area contributed by atoms with Gasteiger partial charge in [-0.1, -0.05) is 42.5 Å². The molecule has 28 heavy (non-hydrogen) atoms. The molecule has 4 rings (SSSR count). The van der Waals surface area contributed by atoms with E-state index in [2.05, 4.69) is 34.5 Å². The van der Waals surface area contributed by atoms with E-state index in [9.17, 15) is 9.59 Å². The number of anilines is 2. The van der Waals surface area contributed by atoms with Gasteiger partial charge in [-0.15, -0.1) is 0 Å². The molecule has 0 radical (unpaired) electrons. The van der Waals surface area contributed by atoms with Crippen LogP contribution in [0.2, 0.25) is 0 Å². The number of nitrogens with zero attached hydrogens (tertiary/aromatic N) is 1. The van der Waals surface area contributed by atoms with Crippen molar-refractivity contribution >= 4 is 23.1 Å². The number of carbonyl (C=O) groups excluding carboxylic acids is 2. The van der Waals surface area contributed by atoms with Crippen LogP contribution in [0, 0.1) is 0 Å². The van der Waals surface area contributed by atoms with Gasteiger partial charge < -0.3 is 10.2 Å². The van der Waals surface area contributed by atoms with Gasteiger partial charge in [-0.2, -0.15) is 0 Å². The highest BCUT2D eigenvalue weighted by molar-refractivity contribution is 6.05. The van der Waals surface area contributed by atoms with Crippen LogP contribution in [0.1, 0.15) is 38.8 Å². The Hall–Kier alpha value is -3.40. The third kappa shape index (κ3) is 3.81. The van der Waals surface area contributed by atoms with E-state index < -0.39 is 0 Å². The van der Waals surface area contributed by atoms with Gasteiger partial charge in [-0.25, -0.2) is 0 Å². The molecule has 1 aliphatic rings.